The number of amides is 1. The third-order valence-corrected chi connectivity index (χ3v) is 7.56. The maximum absolute atomic E-state index is 12.4. The molecule has 4 aromatic rings. The number of para-hydroxylation sites is 1. The first-order chi connectivity index (χ1) is 19.1. The van der Waals surface area contributed by atoms with E-state index in [0.29, 0.717) is 34.7 Å². The summed E-state index contributed by atoms with van der Waals surface area (Å²) in [6, 6.07) is 23.5. The first-order valence-corrected chi connectivity index (χ1v) is 13.8. The summed E-state index contributed by atoms with van der Waals surface area (Å²) in [5, 5.41) is 4.76. The molecule has 0 saturated carbocycles. The molecule has 40 heavy (non-hydrogen) atoms. The van der Waals surface area contributed by atoms with Crippen LogP contribution in [-0.4, -0.2) is 49.1 Å². The number of nitrogens with zero attached hydrogens (tertiary/aromatic N) is 1. The van der Waals surface area contributed by atoms with Gasteiger partial charge >= 0.3 is 0 Å². The number of fused-ring (bicyclic) bond motifs is 1. The molecule has 1 amide bonds. The topological polar surface area (TPSA) is 66.6 Å². The lowest BCUT2D eigenvalue weighted by molar-refractivity contribution is -0.111. The minimum Gasteiger partial charge on any atom is -0.493 e. The van der Waals surface area contributed by atoms with E-state index in [9.17, 15) is 4.79 Å². The molecule has 2 N–H and O–H groups in total. The molecule has 1 fully saturated rings. The van der Waals surface area contributed by atoms with Gasteiger partial charge in [0.2, 0.25) is 5.91 Å². The van der Waals surface area contributed by atoms with Gasteiger partial charge in [-0.2, -0.15) is 0 Å². The molecule has 210 valence electrons. The van der Waals surface area contributed by atoms with Crippen LogP contribution in [0.5, 0.6) is 11.5 Å². The molecular formula is C32H35Cl2N3O3. The summed E-state index contributed by atoms with van der Waals surface area (Å²) < 4.78 is 11.6. The minimum absolute atomic E-state index is 0. The highest BCUT2D eigenvalue weighted by Gasteiger charge is 2.20. The molecule has 1 aliphatic rings. The SMILES string of the molecule is COc1ccc(NC(=O)/C=C/c2ccccc2Cl)cc1OCCN1CCC(Cc2cc3ccccc3[nH]2)CC1.Cl. The van der Waals surface area contributed by atoms with E-state index in [4.69, 9.17) is 21.1 Å². The van der Waals surface area contributed by atoms with E-state index in [1.807, 2.05) is 18.2 Å². The predicted molar refractivity (Wildman–Crippen MR) is 166 cm³/mol. The average molecular weight is 581 g/mol. The van der Waals surface area contributed by atoms with E-state index in [-0.39, 0.29) is 18.3 Å². The Hall–Kier alpha value is -3.45. The van der Waals surface area contributed by atoms with Crippen molar-refractivity contribution in [2.75, 3.05) is 38.7 Å². The Bertz CT molecular complexity index is 1410. The van der Waals surface area contributed by atoms with Gasteiger partial charge in [-0.1, -0.05) is 48.0 Å². The number of nitrogens with one attached hydrogen (secondary N) is 2. The number of H-pyrrole nitrogens is 1. The predicted octanol–water partition coefficient (Wildman–Crippen LogP) is 7.24. The summed E-state index contributed by atoms with van der Waals surface area (Å²) >= 11 is 6.16. The molecule has 6 nitrogen and oxygen atoms in total. The number of aromatic nitrogens is 1. The van der Waals surface area contributed by atoms with E-state index in [2.05, 4.69) is 45.5 Å². The molecule has 0 aliphatic carbocycles. The summed E-state index contributed by atoms with van der Waals surface area (Å²) in [7, 11) is 1.62. The Morgan fingerprint density at radius 1 is 1.05 bits per heavy atom. The number of methoxy groups -OCH3 is 1. The zero-order chi connectivity index (χ0) is 27.0. The van der Waals surface area contributed by atoms with E-state index >= 15 is 0 Å². The van der Waals surface area contributed by atoms with Crippen molar-refractivity contribution in [3.63, 3.8) is 0 Å². The summed E-state index contributed by atoms with van der Waals surface area (Å²) in [5.74, 6) is 1.69. The molecule has 0 bridgehead atoms. The van der Waals surface area contributed by atoms with Gasteiger partial charge in [0.25, 0.3) is 0 Å². The van der Waals surface area contributed by atoms with Crippen molar-refractivity contribution < 1.29 is 14.3 Å². The molecule has 8 heteroatoms. The van der Waals surface area contributed by atoms with E-state index in [0.717, 1.165) is 31.6 Å². The maximum atomic E-state index is 12.4. The van der Waals surface area contributed by atoms with Crippen molar-refractivity contribution in [2.24, 2.45) is 5.92 Å². The molecular weight excluding hydrogens is 545 g/mol. The smallest absolute Gasteiger partial charge is 0.248 e. The average Bonchev–Trinajstić information content (AvgIpc) is 3.36. The summed E-state index contributed by atoms with van der Waals surface area (Å²) in [6.07, 6.45) is 6.63. The van der Waals surface area contributed by atoms with Gasteiger partial charge in [-0.25, -0.2) is 0 Å². The lowest BCUT2D eigenvalue weighted by Crippen LogP contribution is -2.37. The normalized spacial score (nSPS) is 14.2. The lowest BCUT2D eigenvalue weighted by Gasteiger charge is -2.31. The van der Waals surface area contributed by atoms with Gasteiger partial charge in [0.1, 0.15) is 6.61 Å². The summed E-state index contributed by atoms with van der Waals surface area (Å²) in [5.41, 5.74) is 3.97. The number of hydrogen-bond acceptors (Lipinski definition) is 4. The fraction of sp³-hybridized carbons (Fsp3) is 0.281. The first-order valence-electron chi connectivity index (χ1n) is 13.4. The van der Waals surface area contributed by atoms with Crippen LogP contribution in [0.15, 0.2) is 78.9 Å². The second-order valence-electron chi connectivity index (χ2n) is 9.93. The van der Waals surface area contributed by atoms with Crippen LogP contribution in [-0.2, 0) is 11.2 Å². The number of likely N-dealkylation sites (tertiary alicyclic amines) is 1. The number of rotatable bonds is 10. The number of anilines is 1. The Kier molecular flexibility index (Phi) is 10.5. The second-order valence-corrected chi connectivity index (χ2v) is 10.3. The van der Waals surface area contributed by atoms with Crippen molar-refractivity contribution in [3.05, 3.63) is 95.2 Å². The lowest BCUT2D eigenvalue weighted by atomic mass is 9.92. The third kappa shape index (κ3) is 7.81. The van der Waals surface area contributed by atoms with Crippen LogP contribution in [0.2, 0.25) is 5.02 Å². The highest BCUT2D eigenvalue weighted by Crippen LogP contribution is 2.31. The minimum atomic E-state index is -0.249. The van der Waals surface area contributed by atoms with Gasteiger partial charge < -0.3 is 19.8 Å². The number of piperidine rings is 1. The van der Waals surface area contributed by atoms with E-state index in [1.54, 1.807) is 37.5 Å². The Morgan fingerprint density at radius 2 is 1.82 bits per heavy atom. The zero-order valence-electron chi connectivity index (χ0n) is 22.6. The molecule has 1 aromatic heterocycles. The molecule has 5 rings (SSSR count). The maximum Gasteiger partial charge on any atom is 0.248 e. The highest BCUT2D eigenvalue weighted by molar-refractivity contribution is 6.32. The van der Waals surface area contributed by atoms with Crippen LogP contribution < -0.4 is 14.8 Å². The molecule has 0 unspecified atom stereocenters. The fourth-order valence-corrected chi connectivity index (χ4v) is 5.28. The molecule has 1 saturated heterocycles. The van der Waals surface area contributed by atoms with Crippen LogP contribution in [0.1, 0.15) is 24.1 Å². The third-order valence-electron chi connectivity index (χ3n) is 7.22. The van der Waals surface area contributed by atoms with Crippen LogP contribution in [0.4, 0.5) is 5.69 Å². The Labute approximate surface area is 246 Å². The summed E-state index contributed by atoms with van der Waals surface area (Å²) in [6.45, 7) is 3.53. The van der Waals surface area contributed by atoms with Crippen molar-refractivity contribution in [1.82, 2.24) is 9.88 Å². The van der Waals surface area contributed by atoms with Gasteiger partial charge in [-0.05, 0) is 85.6 Å². The molecule has 1 aliphatic heterocycles. The number of hydrogen-bond donors (Lipinski definition) is 2. The number of carbonyl (C=O) groups is 1. The van der Waals surface area contributed by atoms with Crippen LogP contribution in [0.3, 0.4) is 0 Å². The number of ether oxygens (including phenoxy) is 2. The largest absolute Gasteiger partial charge is 0.493 e. The molecule has 0 atom stereocenters. The fourth-order valence-electron chi connectivity index (χ4n) is 5.08. The van der Waals surface area contributed by atoms with Gasteiger partial charge in [-0.3, -0.25) is 9.69 Å². The van der Waals surface area contributed by atoms with E-state index in [1.165, 1.54) is 35.5 Å². The van der Waals surface area contributed by atoms with Crippen molar-refractivity contribution in [2.45, 2.75) is 19.3 Å². The number of aromatic amines is 1. The van der Waals surface area contributed by atoms with Gasteiger partial charge in [0.05, 0.1) is 7.11 Å². The number of carbonyl (C=O) groups excluding carboxylic acids is 1. The monoisotopic (exact) mass is 579 g/mol. The van der Waals surface area contributed by atoms with Crippen LogP contribution in [0.25, 0.3) is 17.0 Å². The molecule has 2 heterocycles. The number of benzene rings is 3. The van der Waals surface area contributed by atoms with Crippen LogP contribution >= 0.6 is 24.0 Å². The quantitative estimate of drug-likeness (QED) is 0.194. The molecule has 3 aromatic carbocycles. The summed E-state index contributed by atoms with van der Waals surface area (Å²) in [4.78, 5) is 18.5. The Morgan fingerprint density at radius 3 is 2.60 bits per heavy atom. The first kappa shape index (κ1) is 29.5. The van der Waals surface area contributed by atoms with Crippen LogP contribution in [0, 0.1) is 5.92 Å². The van der Waals surface area contributed by atoms with Crippen molar-refractivity contribution in [1.29, 1.82) is 0 Å². The van der Waals surface area contributed by atoms with Crippen molar-refractivity contribution >= 4 is 52.6 Å². The Balaban J connectivity index is 0.00000370. The molecule has 0 radical (unpaired) electrons. The number of halogens is 2. The van der Waals surface area contributed by atoms with Crippen molar-refractivity contribution in [3.8, 4) is 11.5 Å². The van der Waals surface area contributed by atoms with E-state index < -0.39 is 0 Å². The van der Waals surface area contributed by atoms with Gasteiger partial charge in [0.15, 0.2) is 11.5 Å². The van der Waals surface area contributed by atoms with Gasteiger partial charge in [0, 0.05) is 40.6 Å². The second kappa shape index (κ2) is 14.3. The van der Waals surface area contributed by atoms with Gasteiger partial charge in [-0.15, -0.1) is 12.4 Å². The molecule has 0 spiro atoms. The standard InChI is InChI=1S/C32H34ClN3O3.ClH/c1-38-30-12-11-26(35-32(37)13-10-24-6-2-4-8-28(24)33)22-31(30)39-19-18-36-16-14-23(15-17-36)20-27-21-25-7-3-5-9-29(25)34-27;/h2-13,21-23,34H,14-20H2,1H3,(H,35,37);1H/b13-10+;. The highest BCUT2D eigenvalue weighted by atomic mass is 35.5. The zero-order valence-corrected chi connectivity index (χ0v) is 24.1.